The standard InChI is InChI=1S/C11H22N4O3S/c1-9-13-14-11(15(9)4-3-12)19-8-10(16)7-18-6-5-17-2/h10,16H,3-8,12H2,1-2H3. The summed E-state index contributed by atoms with van der Waals surface area (Å²) in [4.78, 5) is 0. The number of nitrogens with two attached hydrogens (primary N) is 1. The van der Waals surface area contributed by atoms with Crippen LogP contribution in [0.15, 0.2) is 5.16 Å². The molecule has 1 unspecified atom stereocenters. The highest BCUT2D eigenvalue weighted by Crippen LogP contribution is 2.17. The Hall–Kier alpha value is -0.670. The van der Waals surface area contributed by atoms with E-state index in [2.05, 4.69) is 10.2 Å². The van der Waals surface area contributed by atoms with Crippen LogP contribution in [0.4, 0.5) is 0 Å². The average Bonchev–Trinajstić information content (AvgIpc) is 2.74. The van der Waals surface area contributed by atoms with Crippen molar-refractivity contribution in [1.29, 1.82) is 0 Å². The largest absolute Gasteiger partial charge is 0.390 e. The molecular weight excluding hydrogens is 268 g/mol. The predicted octanol–water partition coefficient (Wildman–Crippen LogP) is -0.339. The number of nitrogens with zero attached hydrogens (tertiary/aromatic N) is 3. The van der Waals surface area contributed by atoms with Crippen molar-refractivity contribution in [2.75, 3.05) is 39.2 Å². The summed E-state index contributed by atoms with van der Waals surface area (Å²) in [6.45, 7) is 4.42. The van der Waals surface area contributed by atoms with Crippen molar-refractivity contribution in [2.45, 2.75) is 24.7 Å². The van der Waals surface area contributed by atoms with E-state index in [0.29, 0.717) is 38.7 Å². The minimum absolute atomic E-state index is 0.292. The third-order valence-corrected chi connectivity index (χ3v) is 3.51. The molecule has 0 fully saturated rings. The minimum Gasteiger partial charge on any atom is -0.390 e. The van der Waals surface area contributed by atoms with Gasteiger partial charge in [0.25, 0.3) is 0 Å². The molecule has 1 heterocycles. The second-order valence-corrected chi connectivity index (χ2v) is 4.99. The molecule has 1 aromatic heterocycles. The molecule has 0 amide bonds. The highest BCUT2D eigenvalue weighted by atomic mass is 32.2. The fourth-order valence-electron chi connectivity index (χ4n) is 1.44. The van der Waals surface area contributed by atoms with Crippen LogP contribution in [0.1, 0.15) is 5.82 Å². The molecule has 110 valence electrons. The normalized spacial score (nSPS) is 12.8. The molecule has 19 heavy (non-hydrogen) atoms. The molecule has 0 aliphatic heterocycles. The number of hydrogen-bond acceptors (Lipinski definition) is 7. The third kappa shape index (κ3) is 5.87. The summed E-state index contributed by atoms with van der Waals surface area (Å²) in [5.74, 6) is 1.34. The molecular formula is C11H22N4O3S. The number of aliphatic hydroxyl groups excluding tert-OH is 1. The van der Waals surface area contributed by atoms with E-state index in [1.165, 1.54) is 11.8 Å². The van der Waals surface area contributed by atoms with Gasteiger partial charge >= 0.3 is 0 Å². The summed E-state index contributed by atoms with van der Waals surface area (Å²) < 4.78 is 12.1. The van der Waals surface area contributed by atoms with Gasteiger partial charge in [-0.2, -0.15) is 0 Å². The van der Waals surface area contributed by atoms with Crippen molar-refractivity contribution in [2.24, 2.45) is 5.73 Å². The van der Waals surface area contributed by atoms with Crippen LogP contribution in [0, 0.1) is 6.92 Å². The summed E-state index contributed by atoms with van der Waals surface area (Å²) in [6.07, 6.45) is -0.537. The lowest BCUT2D eigenvalue weighted by Gasteiger charge is -2.11. The quantitative estimate of drug-likeness (QED) is 0.449. The van der Waals surface area contributed by atoms with Gasteiger partial charge < -0.3 is 24.9 Å². The zero-order chi connectivity index (χ0) is 14.1. The van der Waals surface area contributed by atoms with Crippen molar-refractivity contribution >= 4 is 11.8 Å². The molecule has 0 aliphatic rings. The third-order valence-electron chi connectivity index (χ3n) is 2.40. The molecule has 8 heteroatoms. The molecule has 0 spiro atoms. The van der Waals surface area contributed by atoms with Gasteiger partial charge in [-0.15, -0.1) is 10.2 Å². The number of aromatic nitrogens is 3. The van der Waals surface area contributed by atoms with Crippen molar-refractivity contribution in [3.8, 4) is 0 Å². The lowest BCUT2D eigenvalue weighted by molar-refractivity contribution is 0.0218. The molecule has 0 aliphatic carbocycles. The first kappa shape index (κ1) is 16.4. The maximum atomic E-state index is 9.77. The topological polar surface area (TPSA) is 95.4 Å². The van der Waals surface area contributed by atoms with Gasteiger partial charge in [0.05, 0.1) is 25.9 Å². The van der Waals surface area contributed by atoms with Gasteiger partial charge in [0.15, 0.2) is 5.16 Å². The molecule has 0 radical (unpaired) electrons. The van der Waals surface area contributed by atoms with Gasteiger partial charge in [-0.1, -0.05) is 11.8 Å². The van der Waals surface area contributed by atoms with Gasteiger partial charge in [-0.05, 0) is 6.92 Å². The molecule has 1 atom stereocenters. The molecule has 0 saturated carbocycles. The summed E-state index contributed by atoms with van der Waals surface area (Å²) in [7, 11) is 1.61. The SMILES string of the molecule is COCCOCC(O)CSc1nnc(C)n1CCN. The first-order chi connectivity index (χ1) is 9.19. The Morgan fingerprint density at radius 3 is 2.89 bits per heavy atom. The zero-order valence-electron chi connectivity index (χ0n) is 11.4. The Kier molecular flexibility index (Phi) is 7.99. The second-order valence-electron chi connectivity index (χ2n) is 4.00. The number of hydrogen-bond donors (Lipinski definition) is 2. The van der Waals surface area contributed by atoms with E-state index in [9.17, 15) is 5.11 Å². The zero-order valence-corrected chi connectivity index (χ0v) is 12.2. The fraction of sp³-hybridized carbons (Fsp3) is 0.818. The van der Waals surface area contributed by atoms with Crippen LogP contribution in [0.2, 0.25) is 0 Å². The van der Waals surface area contributed by atoms with Crippen LogP contribution < -0.4 is 5.73 Å². The average molecular weight is 290 g/mol. The number of rotatable bonds is 10. The Labute approximate surface area is 117 Å². The lowest BCUT2D eigenvalue weighted by atomic mass is 10.4. The summed E-state index contributed by atoms with van der Waals surface area (Å²) >= 11 is 1.45. The maximum Gasteiger partial charge on any atom is 0.191 e. The van der Waals surface area contributed by atoms with E-state index in [0.717, 1.165) is 11.0 Å². The summed E-state index contributed by atoms with van der Waals surface area (Å²) in [5, 5.41) is 18.6. The lowest BCUT2D eigenvalue weighted by Crippen LogP contribution is -2.20. The Bertz CT molecular complexity index is 362. The number of methoxy groups -OCH3 is 1. The molecule has 0 saturated heterocycles. The summed E-state index contributed by atoms with van der Waals surface area (Å²) in [5.41, 5.74) is 5.54. The number of aryl methyl sites for hydroxylation is 1. The molecule has 1 rings (SSSR count). The van der Waals surface area contributed by atoms with Crippen LogP contribution >= 0.6 is 11.8 Å². The van der Waals surface area contributed by atoms with Crippen LogP contribution in [0.3, 0.4) is 0 Å². The summed E-state index contributed by atoms with van der Waals surface area (Å²) in [6, 6.07) is 0. The molecule has 1 aromatic rings. The van der Waals surface area contributed by atoms with Crippen LogP contribution in [0.5, 0.6) is 0 Å². The van der Waals surface area contributed by atoms with E-state index in [-0.39, 0.29) is 0 Å². The number of ether oxygens (including phenoxy) is 2. The molecule has 0 bridgehead atoms. The van der Waals surface area contributed by atoms with E-state index >= 15 is 0 Å². The molecule has 0 aromatic carbocycles. The van der Waals surface area contributed by atoms with E-state index in [1.807, 2.05) is 11.5 Å². The van der Waals surface area contributed by atoms with Gasteiger partial charge in [-0.25, -0.2) is 0 Å². The van der Waals surface area contributed by atoms with E-state index in [4.69, 9.17) is 15.2 Å². The molecule has 7 nitrogen and oxygen atoms in total. The number of thioether (sulfide) groups is 1. The van der Waals surface area contributed by atoms with Crippen molar-refractivity contribution in [1.82, 2.24) is 14.8 Å². The van der Waals surface area contributed by atoms with E-state index < -0.39 is 6.10 Å². The second kappa shape index (κ2) is 9.27. The van der Waals surface area contributed by atoms with Crippen molar-refractivity contribution in [3.05, 3.63) is 5.82 Å². The van der Waals surface area contributed by atoms with Gasteiger partial charge in [0.1, 0.15) is 5.82 Å². The minimum atomic E-state index is -0.537. The first-order valence-electron chi connectivity index (χ1n) is 6.16. The smallest absolute Gasteiger partial charge is 0.191 e. The predicted molar refractivity (Wildman–Crippen MR) is 73.2 cm³/mol. The highest BCUT2D eigenvalue weighted by Gasteiger charge is 2.11. The van der Waals surface area contributed by atoms with Gasteiger partial charge in [0.2, 0.25) is 0 Å². The maximum absolute atomic E-state index is 9.77. The van der Waals surface area contributed by atoms with Crippen LogP contribution in [0.25, 0.3) is 0 Å². The number of aliphatic hydroxyl groups is 1. The van der Waals surface area contributed by atoms with Crippen molar-refractivity contribution < 1.29 is 14.6 Å². The highest BCUT2D eigenvalue weighted by molar-refractivity contribution is 7.99. The van der Waals surface area contributed by atoms with Crippen LogP contribution in [-0.4, -0.2) is 65.2 Å². The van der Waals surface area contributed by atoms with E-state index in [1.54, 1.807) is 7.11 Å². The Balaban J connectivity index is 2.31. The van der Waals surface area contributed by atoms with Crippen molar-refractivity contribution in [3.63, 3.8) is 0 Å². The Morgan fingerprint density at radius 2 is 2.21 bits per heavy atom. The van der Waals surface area contributed by atoms with Gasteiger partial charge in [-0.3, -0.25) is 0 Å². The molecule has 3 N–H and O–H groups in total. The first-order valence-corrected chi connectivity index (χ1v) is 7.15. The monoisotopic (exact) mass is 290 g/mol. The Morgan fingerprint density at radius 1 is 1.42 bits per heavy atom. The van der Waals surface area contributed by atoms with Crippen LogP contribution in [-0.2, 0) is 16.0 Å². The fourth-order valence-corrected chi connectivity index (χ4v) is 2.35. The van der Waals surface area contributed by atoms with Gasteiger partial charge in [0, 0.05) is 26.0 Å².